The van der Waals surface area contributed by atoms with Gasteiger partial charge in [-0.15, -0.1) is 0 Å². The van der Waals surface area contributed by atoms with Crippen molar-refractivity contribution >= 4 is 11.7 Å². The summed E-state index contributed by atoms with van der Waals surface area (Å²) < 4.78 is 5.81. The van der Waals surface area contributed by atoms with E-state index in [2.05, 4.69) is 55.4 Å². The third-order valence-electron chi connectivity index (χ3n) is 5.27. The molecule has 0 aliphatic heterocycles. The highest BCUT2D eigenvalue weighted by atomic mass is 16.6. The molecule has 0 amide bonds. The van der Waals surface area contributed by atoms with Crippen molar-refractivity contribution in [2.24, 2.45) is 11.1 Å². The molecule has 0 unspecified atom stereocenters. The first-order valence-electron chi connectivity index (χ1n) is 11.2. The number of rotatable bonds is 11. The van der Waals surface area contributed by atoms with Gasteiger partial charge in [0.25, 0.3) is 0 Å². The Morgan fingerprint density at radius 1 is 0.909 bits per heavy atom. The predicted octanol–water partition coefficient (Wildman–Crippen LogP) is 6.13. The molecule has 0 spiro atoms. The van der Waals surface area contributed by atoms with E-state index in [0.717, 1.165) is 34.4 Å². The SMILES string of the molecule is Cc1c(CC(=O)O)cccc1OCCON=C(CC(C)C)c1ccc(-c2ccccc2)cc1. The Hall–Kier alpha value is -3.60. The maximum Gasteiger partial charge on any atom is 0.307 e. The van der Waals surface area contributed by atoms with Crippen molar-refractivity contribution in [2.75, 3.05) is 13.2 Å². The van der Waals surface area contributed by atoms with Crippen LogP contribution in [0.4, 0.5) is 0 Å². The molecular weight excluding hydrogens is 414 g/mol. The van der Waals surface area contributed by atoms with Crippen molar-refractivity contribution in [2.45, 2.75) is 33.6 Å². The summed E-state index contributed by atoms with van der Waals surface area (Å²) in [6.45, 7) is 6.80. The van der Waals surface area contributed by atoms with Gasteiger partial charge in [0.1, 0.15) is 12.4 Å². The molecule has 172 valence electrons. The summed E-state index contributed by atoms with van der Waals surface area (Å²) in [7, 11) is 0. The van der Waals surface area contributed by atoms with Crippen LogP contribution in [0.3, 0.4) is 0 Å². The van der Waals surface area contributed by atoms with Gasteiger partial charge in [-0.05, 0) is 53.1 Å². The highest BCUT2D eigenvalue weighted by Crippen LogP contribution is 2.22. The van der Waals surface area contributed by atoms with Crippen LogP contribution in [0.1, 0.15) is 37.0 Å². The average Bonchev–Trinajstić information content (AvgIpc) is 2.80. The smallest absolute Gasteiger partial charge is 0.307 e. The van der Waals surface area contributed by atoms with Crippen LogP contribution in [0.25, 0.3) is 11.1 Å². The van der Waals surface area contributed by atoms with Crippen molar-refractivity contribution in [3.8, 4) is 16.9 Å². The molecule has 5 nitrogen and oxygen atoms in total. The van der Waals surface area contributed by atoms with Crippen molar-refractivity contribution in [3.05, 3.63) is 89.5 Å². The number of carboxylic acid groups (broad SMARTS) is 1. The summed E-state index contributed by atoms with van der Waals surface area (Å²) in [4.78, 5) is 16.6. The molecule has 0 radical (unpaired) electrons. The molecular formula is C28H31NO4. The number of carboxylic acids is 1. The number of oxime groups is 1. The van der Waals surface area contributed by atoms with Gasteiger partial charge < -0.3 is 14.7 Å². The normalized spacial score (nSPS) is 11.5. The number of aliphatic carboxylic acids is 1. The summed E-state index contributed by atoms with van der Waals surface area (Å²) >= 11 is 0. The molecule has 5 heteroatoms. The van der Waals surface area contributed by atoms with E-state index in [1.54, 1.807) is 12.1 Å². The van der Waals surface area contributed by atoms with Crippen LogP contribution in [0.15, 0.2) is 78.0 Å². The molecule has 0 saturated heterocycles. The van der Waals surface area contributed by atoms with Crippen LogP contribution < -0.4 is 4.74 Å². The number of hydrogen-bond acceptors (Lipinski definition) is 4. The molecule has 0 atom stereocenters. The lowest BCUT2D eigenvalue weighted by Gasteiger charge is -2.13. The van der Waals surface area contributed by atoms with Gasteiger partial charge >= 0.3 is 5.97 Å². The Labute approximate surface area is 195 Å². The third-order valence-corrected chi connectivity index (χ3v) is 5.27. The number of hydrogen-bond donors (Lipinski definition) is 1. The van der Waals surface area contributed by atoms with Crippen molar-refractivity contribution < 1.29 is 19.5 Å². The first kappa shape index (κ1) is 24.1. The molecule has 3 aromatic carbocycles. The minimum Gasteiger partial charge on any atom is -0.490 e. The zero-order valence-corrected chi connectivity index (χ0v) is 19.5. The molecule has 0 saturated carbocycles. The Bertz CT molecular complexity index is 1070. The van der Waals surface area contributed by atoms with E-state index in [1.807, 2.05) is 31.2 Å². The van der Waals surface area contributed by atoms with Crippen LogP contribution in [0.5, 0.6) is 5.75 Å². The molecule has 0 aliphatic rings. The second-order valence-electron chi connectivity index (χ2n) is 8.37. The van der Waals surface area contributed by atoms with E-state index in [4.69, 9.17) is 14.7 Å². The molecule has 0 aliphatic carbocycles. The van der Waals surface area contributed by atoms with E-state index >= 15 is 0 Å². The first-order valence-corrected chi connectivity index (χ1v) is 11.2. The highest BCUT2D eigenvalue weighted by molar-refractivity contribution is 6.00. The summed E-state index contributed by atoms with van der Waals surface area (Å²) in [5.74, 6) is 0.250. The second-order valence-corrected chi connectivity index (χ2v) is 8.37. The van der Waals surface area contributed by atoms with E-state index < -0.39 is 5.97 Å². The van der Waals surface area contributed by atoms with Gasteiger partial charge in [0.05, 0.1) is 12.1 Å². The quantitative estimate of drug-likeness (QED) is 0.219. The Balaban J connectivity index is 1.61. The van der Waals surface area contributed by atoms with Crippen molar-refractivity contribution in [3.63, 3.8) is 0 Å². The van der Waals surface area contributed by atoms with Crippen molar-refractivity contribution in [1.82, 2.24) is 0 Å². The zero-order chi connectivity index (χ0) is 23.6. The van der Waals surface area contributed by atoms with E-state index in [0.29, 0.717) is 24.9 Å². The molecule has 1 N–H and O–H groups in total. The lowest BCUT2D eigenvalue weighted by Crippen LogP contribution is -2.10. The lowest BCUT2D eigenvalue weighted by atomic mass is 9.98. The lowest BCUT2D eigenvalue weighted by molar-refractivity contribution is -0.136. The topological polar surface area (TPSA) is 68.1 Å². The summed E-state index contributed by atoms with van der Waals surface area (Å²) in [6.07, 6.45) is 0.785. The van der Waals surface area contributed by atoms with Gasteiger partial charge in [-0.25, -0.2) is 0 Å². The zero-order valence-electron chi connectivity index (χ0n) is 19.5. The molecule has 3 aromatic rings. The number of benzene rings is 3. The van der Waals surface area contributed by atoms with Gasteiger partial charge in [0, 0.05) is 0 Å². The largest absolute Gasteiger partial charge is 0.490 e. The standard InChI is InChI=1S/C28H31NO4/c1-20(2)18-26(24-14-12-23(13-15-24)22-8-5-4-6-9-22)29-33-17-16-32-27-11-7-10-25(21(27)3)19-28(30)31/h4-15,20H,16-19H2,1-3H3,(H,30,31). The fourth-order valence-electron chi connectivity index (χ4n) is 3.56. The molecule has 0 bridgehead atoms. The second kappa shape index (κ2) is 11.9. The summed E-state index contributed by atoms with van der Waals surface area (Å²) in [6, 6.07) is 24.1. The van der Waals surface area contributed by atoms with Gasteiger partial charge in [0.2, 0.25) is 0 Å². The monoisotopic (exact) mass is 445 g/mol. The third kappa shape index (κ3) is 7.21. The van der Waals surface area contributed by atoms with Crippen LogP contribution in [-0.4, -0.2) is 30.0 Å². The summed E-state index contributed by atoms with van der Waals surface area (Å²) in [5, 5.41) is 13.4. The van der Waals surface area contributed by atoms with E-state index in [9.17, 15) is 4.79 Å². The van der Waals surface area contributed by atoms with Crippen LogP contribution in [0, 0.1) is 12.8 Å². The minimum absolute atomic E-state index is 0.0224. The van der Waals surface area contributed by atoms with Gasteiger partial charge in [-0.3, -0.25) is 4.79 Å². The first-order chi connectivity index (χ1) is 15.9. The van der Waals surface area contributed by atoms with Gasteiger partial charge in [0.15, 0.2) is 6.61 Å². The summed E-state index contributed by atoms with van der Waals surface area (Å²) in [5.41, 5.74) is 5.88. The number of carbonyl (C=O) groups is 1. The van der Waals surface area contributed by atoms with Crippen LogP contribution in [-0.2, 0) is 16.1 Å². The van der Waals surface area contributed by atoms with Gasteiger partial charge in [-0.1, -0.05) is 85.7 Å². The maximum absolute atomic E-state index is 11.0. The average molecular weight is 446 g/mol. The van der Waals surface area contributed by atoms with E-state index in [1.165, 1.54) is 5.56 Å². The van der Waals surface area contributed by atoms with Crippen LogP contribution >= 0.6 is 0 Å². The number of ether oxygens (including phenoxy) is 1. The Morgan fingerprint density at radius 3 is 2.27 bits per heavy atom. The van der Waals surface area contributed by atoms with E-state index in [-0.39, 0.29) is 6.42 Å². The Morgan fingerprint density at radius 2 is 1.61 bits per heavy atom. The number of nitrogens with zero attached hydrogens (tertiary/aromatic N) is 1. The molecule has 33 heavy (non-hydrogen) atoms. The fraction of sp³-hybridized carbons (Fsp3) is 0.286. The predicted molar refractivity (Wildman–Crippen MR) is 132 cm³/mol. The molecule has 0 aromatic heterocycles. The Kier molecular flexibility index (Phi) is 8.64. The minimum atomic E-state index is -0.859. The fourth-order valence-corrected chi connectivity index (χ4v) is 3.56. The maximum atomic E-state index is 11.0. The molecule has 0 heterocycles. The van der Waals surface area contributed by atoms with Gasteiger partial charge in [-0.2, -0.15) is 0 Å². The highest BCUT2D eigenvalue weighted by Gasteiger charge is 2.10. The van der Waals surface area contributed by atoms with Crippen LogP contribution in [0.2, 0.25) is 0 Å². The molecule has 3 rings (SSSR count). The molecule has 0 fully saturated rings. The van der Waals surface area contributed by atoms with Crippen molar-refractivity contribution in [1.29, 1.82) is 0 Å².